The summed E-state index contributed by atoms with van der Waals surface area (Å²) in [4.78, 5) is 24.4. The number of rotatable bonds is 6. The molecule has 7 heteroatoms. The van der Waals surface area contributed by atoms with Crippen LogP contribution in [-0.2, 0) is 6.54 Å². The Morgan fingerprint density at radius 3 is 2.70 bits per heavy atom. The number of methoxy groups -OCH3 is 1. The Labute approximate surface area is 193 Å². The van der Waals surface area contributed by atoms with Gasteiger partial charge in [-0.05, 0) is 63.1 Å². The van der Waals surface area contributed by atoms with Gasteiger partial charge >= 0.3 is 0 Å². The van der Waals surface area contributed by atoms with Crippen LogP contribution in [0.1, 0.15) is 58.3 Å². The van der Waals surface area contributed by atoms with E-state index in [1.807, 2.05) is 6.92 Å². The van der Waals surface area contributed by atoms with Crippen molar-refractivity contribution >= 4 is 11.6 Å². The Morgan fingerprint density at radius 1 is 1.18 bits per heavy atom. The Morgan fingerprint density at radius 2 is 1.97 bits per heavy atom. The maximum Gasteiger partial charge on any atom is 0.259 e. The Hall–Kier alpha value is -3.32. The number of anilines is 1. The van der Waals surface area contributed by atoms with Crippen molar-refractivity contribution in [2.24, 2.45) is 0 Å². The number of hydrogen-bond acceptors (Lipinski definition) is 5. The molecule has 1 saturated heterocycles. The van der Waals surface area contributed by atoms with Crippen molar-refractivity contribution < 1.29 is 13.9 Å². The smallest absolute Gasteiger partial charge is 0.259 e. The van der Waals surface area contributed by atoms with E-state index >= 15 is 0 Å². The van der Waals surface area contributed by atoms with Crippen molar-refractivity contribution in [3.63, 3.8) is 0 Å². The molecule has 1 aliphatic heterocycles. The standard InChI is InChI=1S/C26H29FN4O2/c1-17-7-6-8-19(24(17)33-3)16-31-14-5-4-9-23(31)25-28-15-22(18(2)29-25)26(32)30-21-12-10-20(27)11-13-21/h6-8,10-13,15,23H,4-5,9,14,16H2,1-3H3,(H,30,32)/t23-/m0/s1. The minimum absolute atomic E-state index is 0.0804. The first-order valence-electron chi connectivity index (χ1n) is 11.2. The summed E-state index contributed by atoms with van der Waals surface area (Å²) in [6.45, 7) is 5.58. The molecule has 0 unspecified atom stereocenters. The summed E-state index contributed by atoms with van der Waals surface area (Å²) >= 11 is 0. The lowest BCUT2D eigenvalue weighted by atomic mass is 9.99. The molecular weight excluding hydrogens is 419 g/mol. The summed E-state index contributed by atoms with van der Waals surface area (Å²) in [5.41, 5.74) is 3.82. The second-order valence-corrected chi connectivity index (χ2v) is 8.44. The summed E-state index contributed by atoms with van der Waals surface area (Å²) in [6, 6.07) is 12.0. The number of aryl methyl sites for hydroxylation is 2. The Bertz CT molecular complexity index is 1130. The van der Waals surface area contributed by atoms with Gasteiger partial charge in [-0.25, -0.2) is 14.4 Å². The van der Waals surface area contributed by atoms with Gasteiger partial charge in [0.05, 0.1) is 24.4 Å². The van der Waals surface area contributed by atoms with Gasteiger partial charge in [0.15, 0.2) is 0 Å². The number of para-hydroxylation sites is 1. The first kappa shape index (κ1) is 22.9. The highest BCUT2D eigenvalue weighted by atomic mass is 19.1. The van der Waals surface area contributed by atoms with Crippen LogP contribution in [0.4, 0.5) is 10.1 Å². The van der Waals surface area contributed by atoms with Gasteiger partial charge in [0.1, 0.15) is 17.4 Å². The third-order valence-corrected chi connectivity index (χ3v) is 6.13. The average molecular weight is 449 g/mol. The van der Waals surface area contributed by atoms with E-state index in [4.69, 9.17) is 9.72 Å². The number of nitrogens with one attached hydrogen (secondary N) is 1. The molecule has 2 heterocycles. The zero-order chi connectivity index (χ0) is 23.4. The maximum atomic E-state index is 13.1. The molecule has 1 N–H and O–H groups in total. The average Bonchev–Trinajstić information content (AvgIpc) is 2.81. The van der Waals surface area contributed by atoms with Crippen LogP contribution in [0.5, 0.6) is 5.75 Å². The number of carbonyl (C=O) groups excluding carboxylic acids is 1. The van der Waals surface area contributed by atoms with Crippen LogP contribution >= 0.6 is 0 Å². The zero-order valence-electron chi connectivity index (χ0n) is 19.3. The maximum absolute atomic E-state index is 13.1. The van der Waals surface area contributed by atoms with Crippen molar-refractivity contribution in [1.29, 1.82) is 0 Å². The summed E-state index contributed by atoms with van der Waals surface area (Å²) in [6.07, 6.45) is 4.80. The Kier molecular flexibility index (Phi) is 6.99. The minimum atomic E-state index is -0.350. The largest absolute Gasteiger partial charge is 0.496 e. The molecule has 1 aromatic heterocycles. The summed E-state index contributed by atoms with van der Waals surface area (Å²) < 4.78 is 18.8. The number of likely N-dealkylation sites (tertiary alicyclic amines) is 1. The molecule has 0 aliphatic carbocycles. The van der Waals surface area contributed by atoms with E-state index in [-0.39, 0.29) is 17.8 Å². The molecule has 6 nitrogen and oxygen atoms in total. The normalized spacial score (nSPS) is 16.4. The quantitative estimate of drug-likeness (QED) is 0.560. The van der Waals surface area contributed by atoms with E-state index in [9.17, 15) is 9.18 Å². The molecule has 0 radical (unpaired) electrons. The van der Waals surface area contributed by atoms with Crippen molar-refractivity contribution in [3.8, 4) is 5.75 Å². The van der Waals surface area contributed by atoms with E-state index in [0.717, 1.165) is 55.1 Å². The number of nitrogens with zero attached hydrogens (tertiary/aromatic N) is 3. The molecule has 172 valence electrons. The highest BCUT2D eigenvalue weighted by Crippen LogP contribution is 2.33. The highest BCUT2D eigenvalue weighted by Gasteiger charge is 2.28. The Balaban J connectivity index is 1.53. The van der Waals surface area contributed by atoms with E-state index in [0.29, 0.717) is 16.9 Å². The van der Waals surface area contributed by atoms with Gasteiger partial charge in [-0.2, -0.15) is 0 Å². The molecule has 33 heavy (non-hydrogen) atoms. The molecule has 3 aromatic rings. The lowest BCUT2D eigenvalue weighted by Crippen LogP contribution is -2.34. The van der Waals surface area contributed by atoms with Gasteiger partial charge in [0, 0.05) is 24.0 Å². The van der Waals surface area contributed by atoms with Gasteiger partial charge in [0.25, 0.3) is 5.91 Å². The number of hydrogen-bond donors (Lipinski definition) is 1. The number of amides is 1. The van der Waals surface area contributed by atoms with Crippen LogP contribution in [0.15, 0.2) is 48.7 Å². The van der Waals surface area contributed by atoms with Crippen LogP contribution in [0.3, 0.4) is 0 Å². The fraction of sp³-hybridized carbons (Fsp3) is 0.346. The first-order valence-corrected chi connectivity index (χ1v) is 11.2. The zero-order valence-corrected chi connectivity index (χ0v) is 19.3. The van der Waals surface area contributed by atoms with Crippen LogP contribution in [-0.4, -0.2) is 34.4 Å². The monoisotopic (exact) mass is 448 g/mol. The number of halogens is 1. The van der Waals surface area contributed by atoms with E-state index in [2.05, 4.69) is 40.3 Å². The van der Waals surface area contributed by atoms with Crippen LogP contribution in [0.25, 0.3) is 0 Å². The molecule has 1 amide bonds. The number of benzene rings is 2. The molecule has 1 atom stereocenters. The fourth-order valence-corrected chi connectivity index (χ4v) is 4.42. The molecule has 0 spiro atoms. The molecule has 0 bridgehead atoms. The van der Waals surface area contributed by atoms with Crippen LogP contribution < -0.4 is 10.1 Å². The van der Waals surface area contributed by atoms with Gasteiger partial charge < -0.3 is 10.1 Å². The topological polar surface area (TPSA) is 67.3 Å². The molecule has 4 rings (SSSR count). The number of ether oxygens (including phenoxy) is 1. The van der Waals surface area contributed by atoms with E-state index < -0.39 is 0 Å². The molecular formula is C26H29FN4O2. The van der Waals surface area contributed by atoms with Crippen molar-refractivity contribution in [1.82, 2.24) is 14.9 Å². The predicted molar refractivity (Wildman–Crippen MR) is 126 cm³/mol. The lowest BCUT2D eigenvalue weighted by molar-refractivity contribution is 0.102. The van der Waals surface area contributed by atoms with Crippen LogP contribution in [0.2, 0.25) is 0 Å². The van der Waals surface area contributed by atoms with Gasteiger partial charge in [-0.3, -0.25) is 9.69 Å². The summed E-state index contributed by atoms with van der Waals surface area (Å²) in [7, 11) is 1.71. The van der Waals surface area contributed by atoms with Crippen molar-refractivity contribution in [2.45, 2.75) is 45.7 Å². The SMILES string of the molecule is COc1c(C)cccc1CN1CCCC[C@H]1c1ncc(C(=O)Nc2ccc(F)cc2)c(C)n1. The second kappa shape index (κ2) is 10.1. The van der Waals surface area contributed by atoms with E-state index in [1.165, 1.54) is 24.3 Å². The third-order valence-electron chi connectivity index (χ3n) is 6.13. The fourth-order valence-electron chi connectivity index (χ4n) is 4.42. The number of carbonyl (C=O) groups is 1. The number of aromatic nitrogens is 2. The van der Waals surface area contributed by atoms with Gasteiger partial charge in [-0.15, -0.1) is 0 Å². The first-order chi connectivity index (χ1) is 16.0. The van der Waals surface area contributed by atoms with Crippen molar-refractivity contribution in [3.05, 3.63) is 82.7 Å². The van der Waals surface area contributed by atoms with Crippen molar-refractivity contribution in [2.75, 3.05) is 19.0 Å². The molecule has 1 aliphatic rings. The van der Waals surface area contributed by atoms with E-state index in [1.54, 1.807) is 13.3 Å². The second-order valence-electron chi connectivity index (χ2n) is 8.44. The molecule has 1 fully saturated rings. The minimum Gasteiger partial charge on any atom is -0.496 e. The van der Waals surface area contributed by atoms with Crippen LogP contribution in [0, 0.1) is 19.7 Å². The lowest BCUT2D eigenvalue weighted by Gasteiger charge is -2.35. The molecule has 2 aromatic carbocycles. The van der Waals surface area contributed by atoms with Gasteiger partial charge in [-0.1, -0.05) is 24.6 Å². The summed E-state index contributed by atoms with van der Waals surface area (Å²) in [5.74, 6) is 0.997. The third kappa shape index (κ3) is 5.20. The highest BCUT2D eigenvalue weighted by molar-refractivity contribution is 6.04. The predicted octanol–water partition coefficient (Wildman–Crippen LogP) is 5.22. The number of piperidine rings is 1. The van der Waals surface area contributed by atoms with Gasteiger partial charge in [0.2, 0.25) is 0 Å². The molecule has 0 saturated carbocycles. The summed E-state index contributed by atoms with van der Waals surface area (Å²) in [5, 5.41) is 2.77.